The summed E-state index contributed by atoms with van der Waals surface area (Å²) in [6, 6.07) is 15.2. The maximum absolute atomic E-state index is 12.3. The molecule has 0 aliphatic rings. The predicted octanol–water partition coefficient (Wildman–Crippen LogP) is 3.64. The number of amides is 1. The molecule has 0 aliphatic carbocycles. The van der Waals surface area contributed by atoms with Gasteiger partial charge in [-0.2, -0.15) is 0 Å². The first-order valence-corrected chi connectivity index (χ1v) is 9.49. The topological polar surface area (TPSA) is 92.8 Å². The van der Waals surface area contributed by atoms with Crippen molar-refractivity contribution in [3.05, 3.63) is 48.5 Å². The fourth-order valence-electron chi connectivity index (χ4n) is 2.73. The molecular formula is C19H17N5O2S. The summed E-state index contributed by atoms with van der Waals surface area (Å²) in [7, 11) is 0. The molecule has 27 heavy (non-hydrogen) atoms. The molecule has 7 nitrogen and oxygen atoms in total. The quantitative estimate of drug-likeness (QED) is 0.497. The third kappa shape index (κ3) is 3.70. The van der Waals surface area contributed by atoms with Gasteiger partial charge in [-0.1, -0.05) is 42.1 Å². The van der Waals surface area contributed by atoms with E-state index in [-0.39, 0.29) is 11.7 Å². The highest BCUT2D eigenvalue weighted by atomic mass is 32.2. The van der Waals surface area contributed by atoms with Crippen LogP contribution in [-0.4, -0.2) is 38.4 Å². The van der Waals surface area contributed by atoms with Crippen molar-refractivity contribution in [2.24, 2.45) is 0 Å². The van der Waals surface area contributed by atoms with Gasteiger partial charge in [0.2, 0.25) is 11.1 Å². The number of nitrogens with zero attached hydrogens (tertiary/aromatic N) is 3. The maximum Gasteiger partial charge on any atom is 0.234 e. The fraction of sp³-hybridized carbons (Fsp3) is 0.158. The number of hydrogen-bond donors (Lipinski definition) is 2. The van der Waals surface area contributed by atoms with Crippen LogP contribution in [0, 0.1) is 0 Å². The Morgan fingerprint density at radius 3 is 2.85 bits per heavy atom. The number of hydrogen-bond acceptors (Lipinski definition) is 6. The lowest BCUT2D eigenvalue weighted by atomic mass is 10.2. The van der Waals surface area contributed by atoms with Crippen molar-refractivity contribution < 1.29 is 9.53 Å². The average molecular weight is 379 g/mol. The highest BCUT2D eigenvalue weighted by molar-refractivity contribution is 7.99. The molecule has 136 valence electrons. The Morgan fingerprint density at radius 2 is 1.96 bits per heavy atom. The highest BCUT2D eigenvalue weighted by Crippen LogP contribution is 2.25. The molecule has 2 aromatic heterocycles. The zero-order chi connectivity index (χ0) is 18.6. The Morgan fingerprint density at radius 1 is 1.15 bits per heavy atom. The number of para-hydroxylation sites is 3. The second-order valence-corrected chi connectivity index (χ2v) is 6.67. The standard InChI is InChI=1S/C19H17N5O2S/c1-2-26-15-10-6-5-9-14(15)20-16(25)11-27-19-22-18-17(23-24-19)12-7-3-4-8-13(12)21-18/h3-10H,2,11H2,1H3,(H,20,25)(H,21,22,24). The number of aromatic amines is 1. The molecule has 0 radical (unpaired) electrons. The Hall–Kier alpha value is -3.13. The number of ether oxygens (including phenoxy) is 1. The van der Waals surface area contributed by atoms with Gasteiger partial charge >= 0.3 is 0 Å². The minimum Gasteiger partial charge on any atom is -0.492 e. The number of aromatic nitrogens is 4. The van der Waals surface area contributed by atoms with Crippen LogP contribution < -0.4 is 10.1 Å². The summed E-state index contributed by atoms with van der Waals surface area (Å²) in [5, 5.41) is 12.7. The molecule has 4 aromatic rings. The molecule has 2 aromatic carbocycles. The molecule has 0 bridgehead atoms. The SMILES string of the molecule is CCOc1ccccc1NC(=O)CSc1nnc2c(n1)[nH]c1ccccc12. The van der Waals surface area contributed by atoms with Gasteiger partial charge < -0.3 is 15.0 Å². The first kappa shape index (κ1) is 17.3. The number of anilines is 1. The Bertz CT molecular complexity index is 1110. The van der Waals surface area contributed by atoms with E-state index in [9.17, 15) is 4.79 Å². The van der Waals surface area contributed by atoms with Crippen molar-refractivity contribution in [1.29, 1.82) is 0 Å². The molecule has 0 unspecified atom stereocenters. The van der Waals surface area contributed by atoms with Crippen molar-refractivity contribution in [2.45, 2.75) is 12.1 Å². The monoisotopic (exact) mass is 379 g/mol. The van der Waals surface area contributed by atoms with E-state index in [2.05, 4.69) is 25.5 Å². The molecular weight excluding hydrogens is 362 g/mol. The van der Waals surface area contributed by atoms with Crippen molar-refractivity contribution in [2.75, 3.05) is 17.7 Å². The van der Waals surface area contributed by atoms with E-state index in [1.165, 1.54) is 11.8 Å². The number of fused-ring (bicyclic) bond motifs is 3. The number of nitrogens with one attached hydrogen (secondary N) is 2. The first-order valence-electron chi connectivity index (χ1n) is 8.50. The van der Waals surface area contributed by atoms with Crippen LogP contribution in [0.2, 0.25) is 0 Å². The Labute approximate surface area is 159 Å². The summed E-state index contributed by atoms with van der Waals surface area (Å²) in [5.41, 5.74) is 3.00. The normalized spacial score (nSPS) is 11.0. The molecule has 0 saturated heterocycles. The first-order chi connectivity index (χ1) is 13.2. The summed E-state index contributed by atoms with van der Waals surface area (Å²) in [6.07, 6.45) is 0. The van der Waals surface area contributed by atoms with Gasteiger partial charge in [-0.15, -0.1) is 10.2 Å². The Balaban J connectivity index is 1.45. The van der Waals surface area contributed by atoms with E-state index in [0.29, 0.717) is 28.8 Å². The van der Waals surface area contributed by atoms with Gasteiger partial charge in [0, 0.05) is 10.9 Å². The molecule has 8 heteroatoms. The smallest absolute Gasteiger partial charge is 0.234 e. The summed E-state index contributed by atoms with van der Waals surface area (Å²) in [6.45, 7) is 2.44. The summed E-state index contributed by atoms with van der Waals surface area (Å²) >= 11 is 1.23. The van der Waals surface area contributed by atoms with Crippen LogP contribution in [0.5, 0.6) is 5.75 Å². The third-order valence-electron chi connectivity index (χ3n) is 3.90. The number of thioether (sulfide) groups is 1. The van der Waals surface area contributed by atoms with Crippen molar-refractivity contribution >= 4 is 45.4 Å². The number of H-pyrrole nitrogens is 1. The average Bonchev–Trinajstić information content (AvgIpc) is 3.06. The number of carbonyl (C=O) groups is 1. The minimum absolute atomic E-state index is 0.160. The number of benzene rings is 2. The second-order valence-electron chi connectivity index (χ2n) is 5.73. The molecule has 2 N–H and O–H groups in total. The van der Waals surface area contributed by atoms with Gasteiger partial charge in [-0.25, -0.2) is 4.98 Å². The van der Waals surface area contributed by atoms with Crippen molar-refractivity contribution in [3.63, 3.8) is 0 Å². The zero-order valence-electron chi connectivity index (χ0n) is 14.6. The third-order valence-corrected chi connectivity index (χ3v) is 4.73. The minimum atomic E-state index is -0.160. The molecule has 0 spiro atoms. The van der Waals surface area contributed by atoms with E-state index in [1.807, 2.05) is 55.5 Å². The van der Waals surface area contributed by atoms with Crippen LogP contribution in [-0.2, 0) is 4.79 Å². The van der Waals surface area contributed by atoms with Gasteiger partial charge in [0.25, 0.3) is 0 Å². The summed E-state index contributed by atoms with van der Waals surface area (Å²) in [5.74, 6) is 0.664. The molecule has 0 aliphatic heterocycles. The maximum atomic E-state index is 12.3. The number of rotatable bonds is 6. The van der Waals surface area contributed by atoms with E-state index in [4.69, 9.17) is 4.74 Å². The van der Waals surface area contributed by atoms with Gasteiger partial charge in [0.05, 0.1) is 18.0 Å². The molecule has 4 rings (SSSR count). The molecule has 2 heterocycles. The lowest BCUT2D eigenvalue weighted by Gasteiger charge is -2.10. The molecule has 1 amide bonds. The highest BCUT2D eigenvalue weighted by Gasteiger charge is 2.12. The fourth-order valence-corrected chi connectivity index (χ4v) is 3.32. The van der Waals surface area contributed by atoms with Crippen LogP contribution in [0.15, 0.2) is 53.7 Å². The molecule has 0 saturated carbocycles. The summed E-state index contributed by atoms with van der Waals surface area (Å²) in [4.78, 5) is 20.0. The van der Waals surface area contributed by atoms with E-state index in [1.54, 1.807) is 0 Å². The van der Waals surface area contributed by atoms with Gasteiger partial charge in [-0.05, 0) is 25.1 Å². The van der Waals surface area contributed by atoms with Crippen LogP contribution in [0.4, 0.5) is 5.69 Å². The van der Waals surface area contributed by atoms with E-state index >= 15 is 0 Å². The zero-order valence-corrected chi connectivity index (χ0v) is 15.4. The van der Waals surface area contributed by atoms with Crippen molar-refractivity contribution in [3.8, 4) is 5.75 Å². The lowest BCUT2D eigenvalue weighted by molar-refractivity contribution is -0.113. The van der Waals surface area contributed by atoms with Crippen LogP contribution in [0.3, 0.4) is 0 Å². The van der Waals surface area contributed by atoms with E-state index in [0.717, 1.165) is 16.4 Å². The van der Waals surface area contributed by atoms with Crippen LogP contribution in [0.1, 0.15) is 6.92 Å². The predicted molar refractivity (Wildman–Crippen MR) is 106 cm³/mol. The molecule has 0 fully saturated rings. The van der Waals surface area contributed by atoms with E-state index < -0.39 is 0 Å². The van der Waals surface area contributed by atoms with Crippen LogP contribution >= 0.6 is 11.8 Å². The second kappa shape index (κ2) is 7.63. The van der Waals surface area contributed by atoms with Gasteiger partial charge in [0.1, 0.15) is 11.3 Å². The lowest BCUT2D eigenvalue weighted by Crippen LogP contribution is -2.15. The number of carbonyl (C=O) groups excluding carboxylic acids is 1. The van der Waals surface area contributed by atoms with Gasteiger partial charge in [0.15, 0.2) is 5.65 Å². The van der Waals surface area contributed by atoms with Crippen molar-refractivity contribution in [1.82, 2.24) is 20.2 Å². The molecule has 0 atom stereocenters. The summed E-state index contributed by atoms with van der Waals surface area (Å²) < 4.78 is 5.52. The Kier molecular flexibility index (Phi) is 4.88. The van der Waals surface area contributed by atoms with Gasteiger partial charge in [-0.3, -0.25) is 4.79 Å². The van der Waals surface area contributed by atoms with Crippen LogP contribution in [0.25, 0.3) is 22.1 Å². The largest absolute Gasteiger partial charge is 0.492 e.